The molecule has 146 valence electrons. The molecule has 28 heavy (non-hydrogen) atoms. The van der Waals surface area contributed by atoms with Crippen molar-refractivity contribution in [3.63, 3.8) is 0 Å². The van der Waals surface area contributed by atoms with Gasteiger partial charge in [-0.05, 0) is 24.8 Å². The maximum absolute atomic E-state index is 12.4. The van der Waals surface area contributed by atoms with E-state index < -0.39 is 5.97 Å². The number of rotatable bonds is 8. The number of thiazole rings is 1. The summed E-state index contributed by atoms with van der Waals surface area (Å²) >= 11 is 1.24. The summed E-state index contributed by atoms with van der Waals surface area (Å²) in [6.45, 7) is 2.47. The Morgan fingerprint density at radius 2 is 1.93 bits per heavy atom. The molecule has 7 heteroatoms. The molecule has 0 saturated heterocycles. The average Bonchev–Trinajstić information content (AvgIpc) is 3.21. The van der Waals surface area contributed by atoms with E-state index in [9.17, 15) is 9.59 Å². The monoisotopic (exact) mass is 398 g/mol. The van der Waals surface area contributed by atoms with Crippen molar-refractivity contribution in [2.24, 2.45) is 0 Å². The number of fused-ring (bicyclic) bond motifs is 1. The summed E-state index contributed by atoms with van der Waals surface area (Å²) in [6, 6.07) is 14.0. The van der Waals surface area contributed by atoms with Crippen LogP contribution in [0.5, 0.6) is 5.75 Å². The number of benzene rings is 2. The van der Waals surface area contributed by atoms with Crippen molar-refractivity contribution in [1.29, 1.82) is 0 Å². The molecule has 0 aliphatic heterocycles. The molecule has 0 saturated carbocycles. The van der Waals surface area contributed by atoms with Gasteiger partial charge in [0.25, 0.3) is 0 Å². The van der Waals surface area contributed by atoms with Gasteiger partial charge in [-0.1, -0.05) is 36.4 Å². The number of hydrogen-bond donors (Lipinski definition) is 0. The Labute approximate surface area is 167 Å². The summed E-state index contributed by atoms with van der Waals surface area (Å²) in [4.78, 5) is 29.7. The lowest BCUT2D eigenvalue weighted by atomic mass is 10.1. The first-order valence-electron chi connectivity index (χ1n) is 9.10. The van der Waals surface area contributed by atoms with Crippen molar-refractivity contribution in [3.05, 3.63) is 53.5 Å². The molecule has 3 rings (SSSR count). The third-order valence-corrected chi connectivity index (χ3v) is 5.10. The molecule has 0 bridgehead atoms. The van der Waals surface area contributed by atoms with Crippen LogP contribution in [-0.2, 0) is 9.53 Å². The molecule has 0 aliphatic carbocycles. The normalized spacial score (nSPS) is 10.6. The number of esters is 1. The second-order valence-corrected chi connectivity index (χ2v) is 6.95. The summed E-state index contributed by atoms with van der Waals surface area (Å²) < 4.78 is 10.8. The zero-order chi connectivity index (χ0) is 19.9. The summed E-state index contributed by atoms with van der Waals surface area (Å²) in [5.41, 5.74) is 0.223. The first-order chi connectivity index (χ1) is 13.6. The highest BCUT2D eigenvalue weighted by Gasteiger charge is 2.17. The topological polar surface area (TPSA) is 68.7 Å². The van der Waals surface area contributed by atoms with Gasteiger partial charge in [0.05, 0.1) is 13.2 Å². The molecule has 0 spiro atoms. The number of hydrogen-bond acceptors (Lipinski definition) is 6. The summed E-state index contributed by atoms with van der Waals surface area (Å²) in [5.74, 6) is 0.263. The summed E-state index contributed by atoms with van der Waals surface area (Å²) in [7, 11) is 1.65. The Hall–Kier alpha value is -2.93. The second kappa shape index (κ2) is 9.32. The largest absolute Gasteiger partial charge is 0.493 e. The van der Waals surface area contributed by atoms with Gasteiger partial charge in [0, 0.05) is 24.2 Å². The number of carbonyl (C=O) groups is 2. The van der Waals surface area contributed by atoms with Gasteiger partial charge in [-0.2, -0.15) is 0 Å². The quantitative estimate of drug-likeness (QED) is 0.418. The molecule has 1 heterocycles. The van der Waals surface area contributed by atoms with Crippen LogP contribution < -0.4 is 9.64 Å². The van der Waals surface area contributed by atoms with Gasteiger partial charge < -0.3 is 9.47 Å². The third-order valence-electron chi connectivity index (χ3n) is 4.18. The molecule has 6 nitrogen and oxygen atoms in total. The minimum Gasteiger partial charge on any atom is -0.493 e. The number of carbonyl (C=O) groups excluding carboxylic acids is 2. The maximum Gasteiger partial charge on any atom is 0.357 e. The van der Waals surface area contributed by atoms with E-state index in [1.165, 1.54) is 16.2 Å². The highest BCUT2D eigenvalue weighted by atomic mass is 32.1. The zero-order valence-electron chi connectivity index (χ0n) is 15.9. The van der Waals surface area contributed by atoms with Crippen LogP contribution in [0.3, 0.4) is 0 Å². The Bertz CT molecular complexity index is 964. The van der Waals surface area contributed by atoms with Crippen molar-refractivity contribution < 1.29 is 19.1 Å². The predicted octanol–water partition coefficient (Wildman–Crippen LogP) is 4.30. The van der Waals surface area contributed by atoms with E-state index in [1.54, 1.807) is 19.4 Å². The minimum atomic E-state index is -0.477. The summed E-state index contributed by atoms with van der Waals surface area (Å²) in [6.07, 6.45) is 0.915. The number of amides is 1. The van der Waals surface area contributed by atoms with E-state index in [0.29, 0.717) is 24.6 Å². The molecule has 0 fully saturated rings. The molecule has 0 unspecified atom stereocenters. The van der Waals surface area contributed by atoms with Gasteiger partial charge in [0.1, 0.15) is 5.75 Å². The van der Waals surface area contributed by atoms with Gasteiger partial charge in [0.15, 0.2) is 10.8 Å². The van der Waals surface area contributed by atoms with Crippen molar-refractivity contribution in [3.8, 4) is 5.75 Å². The predicted molar refractivity (Wildman–Crippen MR) is 110 cm³/mol. The van der Waals surface area contributed by atoms with E-state index in [4.69, 9.17) is 9.47 Å². The van der Waals surface area contributed by atoms with Crippen LogP contribution in [0, 0.1) is 0 Å². The zero-order valence-corrected chi connectivity index (χ0v) is 16.7. The van der Waals surface area contributed by atoms with Gasteiger partial charge >= 0.3 is 5.97 Å². The van der Waals surface area contributed by atoms with Crippen molar-refractivity contribution >= 4 is 39.1 Å². The lowest BCUT2D eigenvalue weighted by Gasteiger charge is -2.14. The van der Waals surface area contributed by atoms with Crippen LogP contribution in [-0.4, -0.2) is 37.1 Å². The van der Waals surface area contributed by atoms with Gasteiger partial charge in [-0.15, -0.1) is 11.3 Å². The molecular weight excluding hydrogens is 376 g/mol. The lowest BCUT2D eigenvalue weighted by molar-refractivity contribution is -0.118. The van der Waals surface area contributed by atoms with Crippen molar-refractivity contribution in [2.45, 2.75) is 19.8 Å². The Kier molecular flexibility index (Phi) is 6.60. The van der Waals surface area contributed by atoms with Crippen LogP contribution in [0.4, 0.5) is 5.13 Å². The highest BCUT2D eigenvalue weighted by molar-refractivity contribution is 7.14. The first kappa shape index (κ1) is 19.8. The van der Waals surface area contributed by atoms with Gasteiger partial charge in [-0.3, -0.25) is 9.69 Å². The molecule has 0 radical (unpaired) electrons. The Morgan fingerprint density at radius 3 is 2.75 bits per heavy atom. The van der Waals surface area contributed by atoms with E-state index in [-0.39, 0.29) is 18.2 Å². The fraction of sp³-hybridized carbons (Fsp3) is 0.286. The van der Waals surface area contributed by atoms with E-state index in [2.05, 4.69) is 4.98 Å². The van der Waals surface area contributed by atoms with Crippen molar-refractivity contribution in [1.82, 2.24) is 4.98 Å². The lowest BCUT2D eigenvalue weighted by Crippen LogP contribution is -2.26. The molecule has 3 aromatic rings. The van der Waals surface area contributed by atoms with Crippen LogP contribution in [0.2, 0.25) is 0 Å². The summed E-state index contributed by atoms with van der Waals surface area (Å²) in [5, 5.41) is 4.25. The van der Waals surface area contributed by atoms with Crippen LogP contribution in [0.25, 0.3) is 10.8 Å². The molecule has 0 aliphatic rings. The Morgan fingerprint density at radius 1 is 1.14 bits per heavy atom. The number of aromatic nitrogens is 1. The maximum atomic E-state index is 12.4. The van der Waals surface area contributed by atoms with E-state index in [1.807, 2.05) is 42.5 Å². The SMILES string of the molecule is CCOC(=O)c1csc(N(C)C(=O)CCCOc2cccc3ccccc23)n1. The van der Waals surface area contributed by atoms with Gasteiger partial charge in [-0.25, -0.2) is 9.78 Å². The van der Waals surface area contributed by atoms with Crippen LogP contribution in [0.1, 0.15) is 30.3 Å². The fourth-order valence-corrected chi connectivity index (χ4v) is 3.50. The molecule has 2 aromatic carbocycles. The standard InChI is InChI=1S/C21H22N2O4S/c1-3-26-20(25)17-14-28-21(22-17)23(2)19(24)12-7-13-27-18-11-6-9-15-8-4-5-10-16(15)18/h4-6,8-11,14H,3,7,12-13H2,1-2H3. The average molecular weight is 398 g/mol. The first-order valence-corrected chi connectivity index (χ1v) is 9.98. The third kappa shape index (κ3) is 4.67. The van der Waals surface area contributed by atoms with Crippen LogP contribution >= 0.6 is 11.3 Å². The minimum absolute atomic E-state index is 0.0775. The van der Waals surface area contributed by atoms with E-state index in [0.717, 1.165) is 16.5 Å². The fourth-order valence-electron chi connectivity index (χ4n) is 2.72. The number of ether oxygens (including phenoxy) is 2. The smallest absolute Gasteiger partial charge is 0.357 e. The Balaban J connectivity index is 1.50. The second-order valence-electron chi connectivity index (χ2n) is 6.12. The highest BCUT2D eigenvalue weighted by Crippen LogP contribution is 2.25. The van der Waals surface area contributed by atoms with Crippen LogP contribution in [0.15, 0.2) is 47.8 Å². The van der Waals surface area contributed by atoms with Gasteiger partial charge in [0.2, 0.25) is 5.91 Å². The number of anilines is 1. The number of nitrogens with zero attached hydrogens (tertiary/aromatic N) is 2. The van der Waals surface area contributed by atoms with Crippen molar-refractivity contribution in [2.75, 3.05) is 25.2 Å². The molecule has 1 aromatic heterocycles. The molecular formula is C21H22N2O4S. The van der Waals surface area contributed by atoms with E-state index >= 15 is 0 Å². The molecule has 0 N–H and O–H groups in total. The molecule has 0 atom stereocenters. The molecule has 1 amide bonds.